The Kier molecular flexibility index (Phi) is 4.81. The van der Waals surface area contributed by atoms with Crippen LogP contribution in [-0.2, 0) is 0 Å². The van der Waals surface area contributed by atoms with Gasteiger partial charge in [-0.05, 0) is 45.9 Å². The first kappa shape index (κ1) is 17.5. The van der Waals surface area contributed by atoms with Crippen LogP contribution in [-0.4, -0.2) is 26.1 Å². The second kappa shape index (κ2) is 6.88. The van der Waals surface area contributed by atoms with Gasteiger partial charge in [0, 0.05) is 23.0 Å². The fraction of sp³-hybridized carbons (Fsp3) is 0.316. The summed E-state index contributed by atoms with van der Waals surface area (Å²) < 4.78 is 1.66. The lowest BCUT2D eigenvalue weighted by atomic mass is 10.2. The van der Waals surface area contributed by atoms with Crippen LogP contribution < -0.4 is 5.56 Å². The number of aryl methyl sites for hydroxylation is 2. The third kappa shape index (κ3) is 3.39. The molecule has 25 heavy (non-hydrogen) atoms. The van der Waals surface area contributed by atoms with E-state index in [1.807, 2.05) is 52.0 Å². The molecule has 6 heteroatoms. The van der Waals surface area contributed by atoms with E-state index in [9.17, 15) is 9.59 Å². The van der Waals surface area contributed by atoms with E-state index in [-0.39, 0.29) is 23.1 Å². The maximum Gasteiger partial charge on any atom is 0.262 e. The highest BCUT2D eigenvalue weighted by Crippen LogP contribution is 2.22. The zero-order valence-corrected chi connectivity index (χ0v) is 15.6. The minimum absolute atomic E-state index is 0.0292. The normalized spacial score (nSPS) is 11.4. The number of thioether (sulfide) groups is 1. The van der Waals surface area contributed by atoms with E-state index in [4.69, 9.17) is 0 Å². The Labute approximate surface area is 150 Å². The lowest BCUT2D eigenvalue weighted by Crippen LogP contribution is -2.25. The molecule has 0 atom stereocenters. The molecule has 0 amide bonds. The standard InChI is InChI=1S/C19H21N3O2S/c1-11(2)22-18(24)14-7-5-6-8-16(14)21-19(22)25-10-17(23)15-9-12(3)20-13(15)4/h5-9,11,20H,10H2,1-4H3. The molecule has 0 spiro atoms. The zero-order chi connectivity index (χ0) is 18.1. The summed E-state index contributed by atoms with van der Waals surface area (Å²) in [7, 11) is 0. The van der Waals surface area contributed by atoms with E-state index < -0.39 is 0 Å². The Morgan fingerprint density at radius 3 is 2.64 bits per heavy atom. The van der Waals surface area contributed by atoms with E-state index in [2.05, 4.69) is 9.97 Å². The molecule has 0 aliphatic carbocycles. The maximum atomic E-state index is 12.8. The van der Waals surface area contributed by atoms with Gasteiger partial charge in [0.1, 0.15) is 0 Å². The van der Waals surface area contributed by atoms with Crippen molar-refractivity contribution >= 4 is 28.4 Å². The summed E-state index contributed by atoms with van der Waals surface area (Å²) in [6.45, 7) is 7.72. The summed E-state index contributed by atoms with van der Waals surface area (Å²) in [6.07, 6.45) is 0. The fourth-order valence-electron chi connectivity index (χ4n) is 2.90. The first-order valence-corrected chi connectivity index (χ1v) is 9.20. The molecule has 1 N–H and O–H groups in total. The van der Waals surface area contributed by atoms with Crippen molar-refractivity contribution in [3.8, 4) is 0 Å². The molecule has 0 aliphatic rings. The van der Waals surface area contributed by atoms with E-state index in [0.717, 1.165) is 11.4 Å². The third-order valence-electron chi connectivity index (χ3n) is 4.07. The first-order chi connectivity index (χ1) is 11.9. The van der Waals surface area contributed by atoms with Crippen LogP contribution in [0.25, 0.3) is 10.9 Å². The van der Waals surface area contributed by atoms with E-state index in [0.29, 0.717) is 21.6 Å². The number of fused-ring (bicyclic) bond motifs is 1. The summed E-state index contributed by atoms with van der Waals surface area (Å²) >= 11 is 1.31. The van der Waals surface area contributed by atoms with Gasteiger partial charge in [0.05, 0.1) is 16.7 Å². The Hall–Kier alpha value is -2.34. The molecule has 0 saturated heterocycles. The minimum atomic E-state index is -0.0655. The molecular formula is C19H21N3O2S. The van der Waals surface area contributed by atoms with Crippen LogP contribution in [0.1, 0.15) is 41.6 Å². The topological polar surface area (TPSA) is 67.8 Å². The van der Waals surface area contributed by atoms with Crippen LogP contribution in [0.4, 0.5) is 0 Å². The molecule has 0 saturated carbocycles. The van der Waals surface area contributed by atoms with Gasteiger partial charge in [-0.25, -0.2) is 4.98 Å². The monoisotopic (exact) mass is 355 g/mol. The average Bonchev–Trinajstić information content (AvgIpc) is 2.91. The summed E-state index contributed by atoms with van der Waals surface area (Å²) in [4.78, 5) is 33.1. The number of hydrogen-bond donors (Lipinski definition) is 1. The SMILES string of the molecule is Cc1cc(C(=O)CSc2nc3ccccc3c(=O)n2C(C)C)c(C)[nH]1. The van der Waals surface area contributed by atoms with Crippen molar-refractivity contribution in [1.29, 1.82) is 0 Å². The second-order valence-electron chi connectivity index (χ2n) is 6.38. The van der Waals surface area contributed by atoms with Gasteiger partial charge >= 0.3 is 0 Å². The fourth-order valence-corrected chi connectivity index (χ4v) is 3.92. The number of aromatic amines is 1. The van der Waals surface area contributed by atoms with Crippen molar-refractivity contribution in [2.75, 3.05) is 5.75 Å². The van der Waals surface area contributed by atoms with Gasteiger partial charge < -0.3 is 4.98 Å². The highest BCUT2D eigenvalue weighted by Gasteiger charge is 2.17. The van der Waals surface area contributed by atoms with Crippen LogP contribution in [0.2, 0.25) is 0 Å². The number of rotatable bonds is 5. The van der Waals surface area contributed by atoms with Gasteiger partial charge in [0.15, 0.2) is 10.9 Å². The Bertz CT molecular complexity index is 1000. The molecule has 0 aliphatic heterocycles. The van der Waals surface area contributed by atoms with Crippen LogP contribution in [0.3, 0.4) is 0 Å². The molecule has 0 radical (unpaired) electrons. The van der Waals surface area contributed by atoms with Crippen molar-refractivity contribution in [3.63, 3.8) is 0 Å². The van der Waals surface area contributed by atoms with Crippen molar-refractivity contribution in [2.24, 2.45) is 0 Å². The van der Waals surface area contributed by atoms with Crippen LogP contribution in [0.5, 0.6) is 0 Å². The van der Waals surface area contributed by atoms with Gasteiger partial charge in [-0.3, -0.25) is 14.2 Å². The summed E-state index contributed by atoms with van der Waals surface area (Å²) in [5.41, 5.74) is 3.13. The van der Waals surface area contributed by atoms with Crippen molar-refractivity contribution < 1.29 is 4.79 Å². The largest absolute Gasteiger partial charge is 0.362 e. The molecule has 0 fully saturated rings. The molecule has 0 unspecified atom stereocenters. The van der Waals surface area contributed by atoms with Gasteiger partial charge in [-0.1, -0.05) is 23.9 Å². The number of carbonyl (C=O) groups is 1. The lowest BCUT2D eigenvalue weighted by molar-refractivity contribution is 0.102. The smallest absolute Gasteiger partial charge is 0.262 e. The molecule has 0 bridgehead atoms. The van der Waals surface area contributed by atoms with Crippen molar-refractivity contribution in [3.05, 3.63) is 57.6 Å². The number of benzene rings is 1. The highest BCUT2D eigenvalue weighted by atomic mass is 32.2. The zero-order valence-electron chi connectivity index (χ0n) is 14.8. The molecule has 5 nitrogen and oxygen atoms in total. The number of hydrogen-bond acceptors (Lipinski definition) is 4. The molecule has 2 heterocycles. The number of aromatic nitrogens is 3. The molecule has 1 aromatic carbocycles. The molecule has 3 rings (SSSR count). The van der Waals surface area contributed by atoms with Gasteiger partial charge in [0.25, 0.3) is 5.56 Å². The van der Waals surface area contributed by atoms with E-state index in [1.165, 1.54) is 11.8 Å². The Morgan fingerprint density at radius 2 is 2.00 bits per heavy atom. The van der Waals surface area contributed by atoms with Crippen LogP contribution >= 0.6 is 11.8 Å². The van der Waals surface area contributed by atoms with E-state index >= 15 is 0 Å². The quantitative estimate of drug-likeness (QED) is 0.428. The van der Waals surface area contributed by atoms with Crippen molar-refractivity contribution in [1.82, 2.24) is 14.5 Å². The predicted octanol–water partition coefficient (Wildman–Crippen LogP) is 3.90. The van der Waals surface area contributed by atoms with Crippen LogP contribution in [0, 0.1) is 13.8 Å². The van der Waals surface area contributed by atoms with Crippen molar-refractivity contribution in [2.45, 2.75) is 38.9 Å². The summed E-state index contributed by atoms with van der Waals surface area (Å²) in [5, 5.41) is 1.18. The second-order valence-corrected chi connectivity index (χ2v) is 7.33. The Balaban J connectivity index is 1.95. The van der Waals surface area contributed by atoms with Gasteiger partial charge in [0.2, 0.25) is 0 Å². The number of carbonyl (C=O) groups excluding carboxylic acids is 1. The number of nitrogens with one attached hydrogen (secondary N) is 1. The molecule has 2 aromatic heterocycles. The number of Topliss-reactive ketones (excluding diaryl/α,β-unsaturated/α-hetero) is 1. The maximum absolute atomic E-state index is 12.8. The highest BCUT2D eigenvalue weighted by molar-refractivity contribution is 7.99. The minimum Gasteiger partial charge on any atom is -0.362 e. The summed E-state index contributed by atoms with van der Waals surface area (Å²) in [5.74, 6) is 0.278. The van der Waals surface area contributed by atoms with E-state index in [1.54, 1.807) is 10.6 Å². The molecule has 3 aromatic rings. The number of H-pyrrole nitrogens is 1. The summed E-state index contributed by atoms with van der Waals surface area (Å²) in [6, 6.07) is 9.14. The first-order valence-electron chi connectivity index (χ1n) is 8.22. The molecule has 130 valence electrons. The van der Waals surface area contributed by atoms with Gasteiger partial charge in [-0.15, -0.1) is 0 Å². The van der Waals surface area contributed by atoms with Gasteiger partial charge in [-0.2, -0.15) is 0 Å². The Morgan fingerprint density at radius 1 is 1.28 bits per heavy atom. The molecular weight excluding hydrogens is 334 g/mol. The lowest BCUT2D eigenvalue weighted by Gasteiger charge is -2.15. The van der Waals surface area contributed by atoms with Crippen LogP contribution in [0.15, 0.2) is 40.3 Å². The number of para-hydroxylation sites is 1. The predicted molar refractivity (Wildman–Crippen MR) is 102 cm³/mol. The number of ketones is 1. The number of nitrogens with zero attached hydrogens (tertiary/aromatic N) is 2. The third-order valence-corrected chi connectivity index (χ3v) is 5.03. The average molecular weight is 355 g/mol.